The van der Waals surface area contributed by atoms with Gasteiger partial charge in [0.2, 0.25) is 0 Å². The van der Waals surface area contributed by atoms with Gasteiger partial charge < -0.3 is 9.84 Å². The molecular formula is C26H48O4. The molecule has 0 aromatic heterocycles. The number of carbonyl (C=O) groups excluding carboxylic acids is 1. The Morgan fingerprint density at radius 2 is 1.27 bits per heavy atom. The Morgan fingerprint density at radius 3 is 1.90 bits per heavy atom. The number of allylic oxidation sites excluding steroid dienone is 1. The van der Waals surface area contributed by atoms with Crippen LogP contribution in [0.5, 0.6) is 0 Å². The monoisotopic (exact) mass is 424 g/mol. The Morgan fingerprint density at radius 1 is 0.733 bits per heavy atom. The van der Waals surface area contributed by atoms with Gasteiger partial charge >= 0.3 is 11.9 Å². The summed E-state index contributed by atoms with van der Waals surface area (Å²) in [5.74, 6) is -0.798. The SMILES string of the molecule is CCCCCC/C=C\C(CCCCCCC(=O)O)OC(=O)CCCCCCCCC. The smallest absolute Gasteiger partial charge is 0.306 e. The first kappa shape index (κ1) is 28.7. The van der Waals surface area contributed by atoms with E-state index in [-0.39, 0.29) is 18.5 Å². The van der Waals surface area contributed by atoms with Crippen molar-refractivity contribution in [2.45, 2.75) is 142 Å². The van der Waals surface area contributed by atoms with Gasteiger partial charge in [0.1, 0.15) is 6.10 Å². The minimum atomic E-state index is -0.724. The van der Waals surface area contributed by atoms with Crippen LogP contribution in [0.4, 0.5) is 0 Å². The second-order valence-corrected chi connectivity index (χ2v) is 8.52. The lowest BCUT2D eigenvalue weighted by Gasteiger charge is -2.15. The van der Waals surface area contributed by atoms with Crippen LogP contribution >= 0.6 is 0 Å². The maximum absolute atomic E-state index is 12.3. The summed E-state index contributed by atoms with van der Waals surface area (Å²) in [7, 11) is 0. The number of carboxylic acid groups (broad SMARTS) is 1. The molecule has 0 aliphatic carbocycles. The highest BCUT2D eigenvalue weighted by Crippen LogP contribution is 2.14. The average molecular weight is 425 g/mol. The molecule has 0 aliphatic rings. The lowest BCUT2D eigenvalue weighted by atomic mass is 10.1. The van der Waals surface area contributed by atoms with Gasteiger partial charge in [-0.25, -0.2) is 0 Å². The Balaban J connectivity index is 4.14. The van der Waals surface area contributed by atoms with Crippen LogP contribution in [0.15, 0.2) is 12.2 Å². The van der Waals surface area contributed by atoms with Crippen LogP contribution in [0.3, 0.4) is 0 Å². The van der Waals surface area contributed by atoms with Crippen LogP contribution in [0, 0.1) is 0 Å². The summed E-state index contributed by atoms with van der Waals surface area (Å²) in [6.07, 6.45) is 23.7. The van der Waals surface area contributed by atoms with Crippen LogP contribution in [-0.4, -0.2) is 23.1 Å². The number of esters is 1. The highest BCUT2D eigenvalue weighted by Gasteiger charge is 2.11. The van der Waals surface area contributed by atoms with Gasteiger partial charge in [-0.15, -0.1) is 0 Å². The van der Waals surface area contributed by atoms with Crippen molar-refractivity contribution < 1.29 is 19.4 Å². The molecule has 1 atom stereocenters. The van der Waals surface area contributed by atoms with Crippen molar-refractivity contribution in [3.63, 3.8) is 0 Å². The minimum Gasteiger partial charge on any atom is -0.481 e. The van der Waals surface area contributed by atoms with E-state index in [1.807, 2.05) is 0 Å². The quantitative estimate of drug-likeness (QED) is 0.109. The van der Waals surface area contributed by atoms with Crippen LogP contribution in [0.1, 0.15) is 136 Å². The Bertz CT molecular complexity index is 431. The number of ether oxygens (including phenoxy) is 1. The number of hydrogen-bond donors (Lipinski definition) is 1. The number of carboxylic acids is 1. The molecular weight excluding hydrogens is 376 g/mol. The molecule has 30 heavy (non-hydrogen) atoms. The van der Waals surface area contributed by atoms with Gasteiger partial charge in [-0.05, 0) is 44.6 Å². The molecule has 0 heterocycles. The molecule has 4 nitrogen and oxygen atoms in total. The van der Waals surface area contributed by atoms with E-state index < -0.39 is 5.97 Å². The molecule has 0 bridgehead atoms. The molecule has 4 heteroatoms. The minimum absolute atomic E-state index is 0.0740. The van der Waals surface area contributed by atoms with Crippen LogP contribution in [-0.2, 0) is 14.3 Å². The summed E-state index contributed by atoms with van der Waals surface area (Å²) < 4.78 is 5.75. The van der Waals surface area contributed by atoms with Crippen molar-refractivity contribution in [2.75, 3.05) is 0 Å². The lowest BCUT2D eigenvalue weighted by molar-refractivity contribution is -0.147. The second kappa shape index (κ2) is 22.4. The summed E-state index contributed by atoms with van der Waals surface area (Å²) in [6, 6.07) is 0. The number of unbranched alkanes of at least 4 members (excludes halogenated alkanes) is 13. The van der Waals surface area contributed by atoms with Crippen molar-refractivity contribution >= 4 is 11.9 Å². The fourth-order valence-electron chi connectivity index (χ4n) is 3.56. The fraction of sp³-hybridized carbons (Fsp3) is 0.846. The van der Waals surface area contributed by atoms with E-state index in [1.165, 1.54) is 57.8 Å². The third-order valence-electron chi connectivity index (χ3n) is 5.47. The topological polar surface area (TPSA) is 63.6 Å². The molecule has 0 aromatic carbocycles. The van der Waals surface area contributed by atoms with Gasteiger partial charge in [-0.1, -0.05) is 90.6 Å². The molecule has 0 aromatic rings. The standard InChI is InChI=1S/C26H48O4/c1-3-5-7-9-11-13-19-23-26(29)30-24(20-16-12-10-8-6-4-2)21-17-14-15-18-22-25(27)28/h16,20,24H,3-15,17-19,21-23H2,1-2H3,(H,27,28)/b20-16-. The first-order valence-electron chi connectivity index (χ1n) is 12.7. The molecule has 176 valence electrons. The summed E-state index contributed by atoms with van der Waals surface area (Å²) >= 11 is 0. The third kappa shape index (κ3) is 21.4. The zero-order valence-corrected chi connectivity index (χ0v) is 19.8. The van der Waals surface area contributed by atoms with E-state index >= 15 is 0 Å². The van der Waals surface area contributed by atoms with Gasteiger partial charge in [-0.2, -0.15) is 0 Å². The molecule has 0 radical (unpaired) electrons. The molecule has 0 amide bonds. The Hall–Kier alpha value is -1.32. The normalized spacial score (nSPS) is 12.3. The molecule has 0 spiro atoms. The number of aliphatic carboxylic acids is 1. The Labute approximate surface area is 185 Å². The maximum atomic E-state index is 12.3. The molecule has 1 unspecified atom stereocenters. The largest absolute Gasteiger partial charge is 0.481 e. The predicted molar refractivity (Wildman–Crippen MR) is 126 cm³/mol. The van der Waals surface area contributed by atoms with E-state index in [4.69, 9.17) is 9.84 Å². The van der Waals surface area contributed by atoms with Crippen molar-refractivity contribution in [1.29, 1.82) is 0 Å². The summed E-state index contributed by atoms with van der Waals surface area (Å²) in [5.41, 5.74) is 0. The second-order valence-electron chi connectivity index (χ2n) is 8.52. The van der Waals surface area contributed by atoms with Crippen LogP contribution in [0.2, 0.25) is 0 Å². The lowest BCUT2D eigenvalue weighted by Crippen LogP contribution is -2.16. The summed E-state index contributed by atoms with van der Waals surface area (Å²) in [4.78, 5) is 22.8. The molecule has 0 saturated heterocycles. The van der Waals surface area contributed by atoms with E-state index in [1.54, 1.807) is 0 Å². The maximum Gasteiger partial charge on any atom is 0.306 e. The predicted octanol–water partition coefficient (Wildman–Crippen LogP) is 7.99. The van der Waals surface area contributed by atoms with E-state index in [9.17, 15) is 9.59 Å². The van der Waals surface area contributed by atoms with Crippen molar-refractivity contribution in [3.05, 3.63) is 12.2 Å². The molecule has 0 saturated carbocycles. The molecule has 1 N–H and O–H groups in total. The first-order valence-corrected chi connectivity index (χ1v) is 12.7. The zero-order valence-electron chi connectivity index (χ0n) is 19.8. The Kier molecular flexibility index (Phi) is 21.4. The van der Waals surface area contributed by atoms with Gasteiger partial charge in [0.15, 0.2) is 0 Å². The molecule has 0 aliphatic heterocycles. The third-order valence-corrected chi connectivity index (χ3v) is 5.47. The number of hydrogen-bond acceptors (Lipinski definition) is 3. The van der Waals surface area contributed by atoms with Gasteiger partial charge in [-0.3, -0.25) is 9.59 Å². The van der Waals surface area contributed by atoms with Crippen molar-refractivity contribution in [2.24, 2.45) is 0 Å². The summed E-state index contributed by atoms with van der Waals surface area (Å²) in [5, 5.41) is 8.71. The fourth-order valence-corrected chi connectivity index (χ4v) is 3.56. The van der Waals surface area contributed by atoms with Gasteiger partial charge in [0.05, 0.1) is 0 Å². The summed E-state index contributed by atoms with van der Waals surface area (Å²) in [6.45, 7) is 4.44. The van der Waals surface area contributed by atoms with E-state index in [0.717, 1.165) is 51.4 Å². The number of carbonyl (C=O) groups is 2. The van der Waals surface area contributed by atoms with E-state index in [0.29, 0.717) is 6.42 Å². The highest BCUT2D eigenvalue weighted by atomic mass is 16.5. The van der Waals surface area contributed by atoms with Crippen molar-refractivity contribution in [1.82, 2.24) is 0 Å². The highest BCUT2D eigenvalue weighted by molar-refractivity contribution is 5.69. The van der Waals surface area contributed by atoms with Crippen LogP contribution < -0.4 is 0 Å². The van der Waals surface area contributed by atoms with Crippen LogP contribution in [0.25, 0.3) is 0 Å². The van der Waals surface area contributed by atoms with E-state index in [2.05, 4.69) is 26.0 Å². The van der Waals surface area contributed by atoms with Crippen molar-refractivity contribution in [3.8, 4) is 0 Å². The zero-order chi connectivity index (χ0) is 22.3. The number of rotatable bonds is 22. The molecule has 0 rings (SSSR count). The average Bonchev–Trinajstić information content (AvgIpc) is 2.71. The molecule has 0 fully saturated rings. The van der Waals surface area contributed by atoms with Gasteiger partial charge in [0.25, 0.3) is 0 Å². The first-order chi connectivity index (χ1) is 14.6. The van der Waals surface area contributed by atoms with Gasteiger partial charge in [0, 0.05) is 12.8 Å².